The highest BCUT2D eigenvalue weighted by atomic mass is 19.1. The molecule has 0 heterocycles. The van der Waals surface area contributed by atoms with Crippen LogP contribution in [0.3, 0.4) is 0 Å². The molecule has 0 spiro atoms. The molecule has 1 aliphatic carbocycles. The molecule has 5 nitrogen and oxygen atoms in total. The molecule has 0 aromatic heterocycles. The van der Waals surface area contributed by atoms with E-state index in [0.717, 1.165) is 22.3 Å². The van der Waals surface area contributed by atoms with E-state index in [1.807, 2.05) is 24.3 Å². The van der Waals surface area contributed by atoms with Crippen LogP contribution in [0.25, 0.3) is 11.1 Å². The minimum Gasteiger partial charge on any atom is -0.465 e. The lowest BCUT2D eigenvalue weighted by atomic mass is 9.95. The number of amides is 1. The number of nitrogens with two attached hydrogens (primary N) is 1. The molecule has 3 N–H and O–H groups in total. The number of carbonyl (C=O) groups is 2. The second-order valence-corrected chi connectivity index (χ2v) is 8.58. The number of benzene rings is 3. The molecular weight excluding hydrogens is 431 g/mol. The van der Waals surface area contributed by atoms with Crippen molar-refractivity contribution in [3.63, 3.8) is 0 Å². The first kappa shape index (κ1) is 23.6. The van der Waals surface area contributed by atoms with E-state index in [-0.39, 0.29) is 37.1 Å². The summed E-state index contributed by atoms with van der Waals surface area (Å²) in [6.07, 6.45) is 0.806. The van der Waals surface area contributed by atoms with Gasteiger partial charge in [-0.1, -0.05) is 60.7 Å². The average molecular weight is 461 g/mol. The maximum atomic E-state index is 13.7. The first-order chi connectivity index (χ1) is 16.6. The Kier molecular flexibility index (Phi) is 7.70. The first-order valence-electron chi connectivity index (χ1n) is 11.6. The fourth-order valence-corrected chi connectivity index (χ4v) is 4.54. The predicted octanol–water partition coefficient (Wildman–Crippen LogP) is 4.20. The number of carbonyl (C=O) groups excluding carboxylic acids is 2. The number of esters is 1. The van der Waals surface area contributed by atoms with Crippen molar-refractivity contribution in [3.8, 4) is 11.1 Å². The van der Waals surface area contributed by atoms with Crippen molar-refractivity contribution in [2.45, 2.75) is 25.2 Å². The van der Waals surface area contributed by atoms with E-state index in [4.69, 9.17) is 10.5 Å². The van der Waals surface area contributed by atoms with Crippen molar-refractivity contribution in [1.29, 1.82) is 0 Å². The second-order valence-electron chi connectivity index (χ2n) is 8.58. The Morgan fingerprint density at radius 1 is 0.971 bits per heavy atom. The Morgan fingerprint density at radius 2 is 1.65 bits per heavy atom. The Labute approximate surface area is 199 Å². The number of ether oxygens (including phenoxy) is 1. The molecule has 3 aromatic carbocycles. The van der Waals surface area contributed by atoms with Gasteiger partial charge in [0.05, 0.1) is 12.3 Å². The van der Waals surface area contributed by atoms with Crippen LogP contribution < -0.4 is 11.1 Å². The van der Waals surface area contributed by atoms with Crippen molar-refractivity contribution in [2.75, 3.05) is 19.7 Å². The molecule has 3 aromatic rings. The quantitative estimate of drug-likeness (QED) is 0.351. The van der Waals surface area contributed by atoms with Crippen LogP contribution in [0.2, 0.25) is 0 Å². The minimum atomic E-state index is -0.657. The standard InChI is InChI=1S/C28H29FN2O3/c29-21-8-5-7-19(16-21)15-20(28(33)31-14-6-13-30)17-27(32)34-18-26-24-11-3-1-9-22(24)23-10-2-4-12-25(23)26/h1-5,7-12,16,20,26H,6,13-15,17-18,30H2,(H,31,33). The molecular formula is C28H29FN2O3. The van der Waals surface area contributed by atoms with E-state index in [0.29, 0.717) is 25.1 Å². The smallest absolute Gasteiger partial charge is 0.306 e. The second kappa shape index (κ2) is 11.1. The van der Waals surface area contributed by atoms with Gasteiger partial charge in [0.25, 0.3) is 0 Å². The zero-order valence-corrected chi connectivity index (χ0v) is 19.0. The van der Waals surface area contributed by atoms with Crippen LogP contribution in [0.5, 0.6) is 0 Å². The maximum absolute atomic E-state index is 13.7. The zero-order chi connectivity index (χ0) is 23.9. The summed E-state index contributed by atoms with van der Waals surface area (Å²) in [5.41, 5.74) is 10.7. The third kappa shape index (κ3) is 5.51. The molecule has 0 bridgehead atoms. The lowest BCUT2D eigenvalue weighted by Crippen LogP contribution is -2.35. The summed E-state index contributed by atoms with van der Waals surface area (Å²) in [4.78, 5) is 25.6. The van der Waals surface area contributed by atoms with Crippen LogP contribution in [-0.4, -0.2) is 31.6 Å². The number of hydrogen-bond donors (Lipinski definition) is 2. The van der Waals surface area contributed by atoms with E-state index in [2.05, 4.69) is 29.6 Å². The van der Waals surface area contributed by atoms with Crippen molar-refractivity contribution >= 4 is 11.9 Å². The third-order valence-electron chi connectivity index (χ3n) is 6.21. The molecule has 176 valence electrons. The predicted molar refractivity (Wildman–Crippen MR) is 130 cm³/mol. The average Bonchev–Trinajstić information content (AvgIpc) is 3.16. The molecule has 1 aliphatic rings. The summed E-state index contributed by atoms with van der Waals surface area (Å²) in [5.74, 6) is -1.78. The van der Waals surface area contributed by atoms with Gasteiger partial charge in [0, 0.05) is 12.5 Å². The van der Waals surface area contributed by atoms with Gasteiger partial charge in [0.1, 0.15) is 12.4 Å². The number of hydrogen-bond acceptors (Lipinski definition) is 4. The van der Waals surface area contributed by atoms with E-state index < -0.39 is 11.9 Å². The summed E-state index contributed by atoms with van der Waals surface area (Å²) in [6.45, 7) is 1.09. The minimum absolute atomic E-state index is 0.0450. The summed E-state index contributed by atoms with van der Waals surface area (Å²) < 4.78 is 19.4. The fraction of sp³-hybridized carbons (Fsp3) is 0.286. The van der Waals surface area contributed by atoms with Crippen LogP contribution >= 0.6 is 0 Å². The van der Waals surface area contributed by atoms with E-state index >= 15 is 0 Å². The lowest BCUT2D eigenvalue weighted by Gasteiger charge is -2.18. The SMILES string of the molecule is NCCCNC(=O)C(CC(=O)OCC1c2ccccc2-c2ccccc21)Cc1cccc(F)c1. The molecule has 1 amide bonds. The Balaban J connectivity index is 1.44. The molecule has 34 heavy (non-hydrogen) atoms. The van der Waals surface area contributed by atoms with E-state index in [1.165, 1.54) is 12.1 Å². The van der Waals surface area contributed by atoms with Gasteiger partial charge >= 0.3 is 5.97 Å². The van der Waals surface area contributed by atoms with Gasteiger partial charge in [-0.25, -0.2) is 4.39 Å². The van der Waals surface area contributed by atoms with Gasteiger partial charge in [-0.15, -0.1) is 0 Å². The highest BCUT2D eigenvalue weighted by molar-refractivity contribution is 5.84. The van der Waals surface area contributed by atoms with Crippen molar-refractivity contribution in [1.82, 2.24) is 5.32 Å². The molecule has 0 radical (unpaired) electrons. The first-order valence-corrected chi connectivity index (χ1v) is 11.6. The Bertz CT molecular complexity index is 1120. The maximum Gasteiger partial charge on any atom is 0.306 e. The lowest BCUT2D eigenvalue weighted by molar-refractivity contribution is -0.147. The molecule has 6 heteroatoms. The summed E-state index contributed by atoms with van der Waals surface area (Å²) in [7, 11) is 0. The zero-order valence-electron chi connectivity index (χ0n) is 19.0. The summed E-state index contributed by atoms with van der Waals surface area (Å²) >= 11 is 0. The van der Waals surface area contributed by atoms with Gasteiger partial charge in [-0.05, 0) is 59.3 Å². The number of fused-ring (bicyclic) bond motifs is 3. The molecule has 0 fully saturated rings. The fourth-order valence-electron chi connectivity index (χ4n) is 4.54. The summed E-state index contributed by atoms with van der Waals surface area (Å²) in [6, 6.07) is 22.4. The molecule has 0 saturated heterocycles. The van der Waals surface area contributed by atoms with Crippen molar-refractivity contribution in [3.05, 3.63) is 95.3 Å². The van der Waals surface area contributed by atoms with E-state index in [1.54, 1.807) is 12.1 Å². The third-order valence-corrected chi connectivity index (χ3v) is 6.21. The molecule has 0 saturated carbocycles. The highest BCUT2D eigenvalue weighted by Crippen LogP contribution is 2.44. The number of nitrogens with one attached hydrogen (secondary N) is 1. The van der Waals surface area contributed by atoms with Crippen LogP contribution in [0.1, 0.15) is 35.4 Å². The van der Waals surface area contributed by atoms with Crippen LogP contribution in [0.15, 0.2) is 72.8 Å². The van der Waals surface area contributed by atoms with Crippen molar-refractivity contribution < 1.29 is 18.7 Å². The Hall–Kier alpha value is -3.51. The van der Waals surface area contributed by atoms with Gasteiger partial charge in [-0.2, -0.15) is 0 Å². The molecule has 4 rings (SSSR count). The van der Waals surface area contributed by atoms with Gasteiger partial charge in [-0.3, -0.25) is 9.59 Å². The molecule has 0 aliphatic heterocycles. The Morgan fingerprint density at radius 3 is 2.29 bits per heavy atom. The van der Waals surface area contributed by atoms with Gasteiger partial charge in [0.15, 0.2) is 0 Å². The largest absolute Gasteiger partial charge is 0.465 e. The number of rotatable bonds is 10. The van der Waals surface area contributed by atoms with E-state index in [9.17, 15) is 14.0 Å². The van der Waals surface area contributed by atoms with Gasteiger partial charge in [0.2, 0.25) is 5.91 Å². The van der Waals surface area contributed by atoms with Crippen LogP contribution in [0.4, 0.5) is 4.39 Å². The topological polar surface area (TPSA) is 81.4 Å². The molecule has 1 unspecified atom stereocenters. The van der Waals surface area contributed by atoms with Crippen LogP contribution in [0, 0.1) is 11.7 Å². The molecule has 1 atom stereocenters. The number of halogens is 1. The van der Waals surface area contributed by atoms with Gasteiger partial charge < -0.3 is 15.8 Å². The normalized spacial score (nSPS) is 13.1. The van der Waals surface area contributed by atoms with Crippen molar-refractivity contribution in [2.24, 2.45) is 11.7 Å². The monoisotopic (exact) mass is 460 g/mol. The highest BCUT2D eigenvalue weighted by Gasteiger charge is 2.30. The summed E-state index contributed by atoms with van der Waals surface area (Å²) in [5, 5.41) is 2.83. The van der Waals surface area contributed by atoms with Crippen LogP contribution in [-0.2, 0) is 20.7 Å².